The van der Waals surface area contributed by atoms with Gasteiger partial charge in [0, 0.05) is 29.5 Å². The molecule has 2 N–H and O–H groups in total. The number of aromatic nitrogens is 3. The van der Waals surface area contributed by atoms with Crippen molar-refractivity contribution in [2.75, 3.05) is 5.32 Å². The van der Waals surface area contributed by atoms with Gasteiger partial charge in [-0.05, 0) is 35.9 Å². The van der Waals surface area contributed by atoms with Crippen molar-refractivity contribution in [3.8, 4) is 17.2 Å². The lowest BCUT2D eigenvalue weighted by molar-refractivity contribution is 0.628. The zero-order valence-electron chi connectivity index (χ0n) is 14.2. The third-order valence-electron chi connectivity index (χ3n) is 4.20. The first-order valence-electron chi connectivity index (χ1n) is 8.15. The van der Waals surface area contributed by atoms with Gasteiger partial charge >= 0.3 is 0 Å². The molecule has 4 aromatic rings. The molecule has 8 heteroatoms. The van der Waals surface area contributed by atoms with Crippen LogP contribution >= 0.6 is 11.6 Å². The van der Waals surface area contributed by atoms with Gasteiger partial charge in [0.1, 0.15) is 17.6 Å². The highest BCUT2D eigenvalue weighted by molar-refractivity contribution is 6.31. The molecule has 0 bridgehead atoms. The molecule has 1 aromatic carbocycles. The summed E-state index contributed by atoms with van der Waals surface area (Å²) >= 11 is 5.84. The maximum Gasteiger partial charge on any atom is 0.256 e. The van der Waals surface area contributed by atoms with Crippen molar-refractivity contribution in [2.24, 2.45) is 0 Å². The zero-order valence-corrected chi connectivity index (χ0v) is 15.0. The molecular weight excluding hydrogens is 381 g/mol. The lowest BCUT2D eigenvalue weighted by atomic mass is 10.1. The van der Waals surface area contributed by atoms with E-state index in [9.17, 15) is 14.4 Å². The minimum atomic E-state index is -0.579. The highest BCUT2D eigenvalue weighted by Gasteiger charge is 2.13. The number of hydrogen-bond acceptors (Lipinski definition) is 5. The molecule has 28 heavy (non-hydrogen) atoms. The minimum absolute atomic E-state index is 0.0656. The lowest BCUT2D eigenvalue weighted by Crippen LogP contribution is -2.12. The van der Waals surface area contributed by atoms with Gasteiger partial charge in [-0.3, -0.25) is 14.8 Å². The number of anilines is 2. The van der Waals surface area contributed by atoms with Crippen LogP contribution in [-0.2, 0) is 0 Å². The molecule has 0 fully saturated rings. The van der Waals surface area contributed by atoms with Crippen molar-refractivity contribution in [2.45, 2.75) is 0 Å². The smallest absolute Gasteiger partial charge is 0.256 e. The molecule has 3 heterocycles. The second kappa shape index (κ2) is 7.10. The molecule has 6 nitrogen and oxygen atoms in total. The number of halogens is 2. The number of benzene rings is 1. The van der Waals surface area contributed by atoms with E-state index in [0.717, 1.165) is 10.9 Å². The quantitative estimate of drug-likeness (QED) is 0.540. The maximum atomic E-state index is 13.5. The van der Waals surface area contributed by atoms with Gasteiger partial charge in [-0.2, -0.15) is 5.26 Å². The van der Waals surface area contributed by atoms with E-state index in [4.69, 9.17) is 11.6 Å². The van der Waals surface area contributed by atoms with Crippen LogP contribution in [0.4, 0.5) is 15.8 Å². The summed E-state index contributed by atoms with van der Waals surface area (Å²) in [5.74, 6) is -0.579. The molecule has 0 unspecified atom stereocenters. The molecule has 0 spiro atoms. The summed E-state index contributed by atoms with van der Waals surface area (Å²) in [7, 11) is 0. The Morgan fingerprint density at radius 3 is 2.79 bits per heavy atom. The van der Waals surface area contributed by atoms with Crippen molar-refractivity contribution in [1.82, 2.24) is 15.0 Å². The summed E-state index contributed by atoms with van der Waals surface area (Å²) in [6.07, 6.45) is 4.92. The zero-order chi connectivity index (χ0) is 19.7. The highest BCUT2D eigenvalue weighted by atomic mass is 35.5. The summed E-state index contributed by atoms with van der Waals surface area (Å²) in [4.78, 5) is 23.3. The Kier molecular flexibility index (Phi) is 4.47. The average molecular weight is 392 g/mol. The van der Waals surface area contributed by atoms with Gasteiger partial charge in [-0.25, -0.2) is 4.39 Å². The van der Waals surface area contributed by atoms with Gasteiger partial charge in [0.2, 0.25) is 0 Å². The first-order chi connectivity index (χ1) is 13.6. The van der Waals surface area contributed by atoms with Crippen molar-refractivity contribution in [1.29, 1.82) is 5.26 Å². The number of nitrogens with one attached hydrogen (secondary N) is 2. The minimum Gasteiger partial charge on any atom is -0.353 e. The Morgan fingerprint density at radius 2 is 2.00 bits per heavy atom. The van der Waals surface area contributed by atoms with Gasteiger partial charge < -0.3 is 10.3 Å². The average Bonchev–Trinajstić information content (AvgIpc) is 2.71. The third kappa shape index (κ3) is 3.17. The van der Waals surface area contributed by atoms with Gasteiger partial charge in [0.05, 0.1) is 21.9 Å². The number of fused-ring (bicyclic) bond motifs is 1. The number of rotatable bonds is 3. The van der Waals surface area contributed by atoms with Crippen LogP contribution in [0.2, 0.25) is 5.02 Å². The fourth-order valence-electron chi connectivity index (χ4n) is 2.84. The van der Waals surface area contributed by atoms with Crippen LogP contribution in [0, 0.1) is 17.1 Å². The van der Waals surface area contributed by atoms with E-state index in [1.54, 1.807) is 30.7 Å². The molecule has 0 aliphatic rings. The summed E-state index contributed by atoms with van der Waals surface area (Å²) in [5.41, 5.74) is 2.05. The normalized spacial score (nSPS) is 10.6. The molecule has 3 aromatic heterocycles. The molecule has 0 amide bonds. The first-order valence-corrected chi connectivity index (χ1v) is 8.53. The van der Waals surface area contributed by atoms with Crippen LogP contribution in [0.3, 0.4) is 0 Å². The molecular formula is C20H11ClFN5O. The Hall–Kier alpha value is -3.76. The van der Waals surface area contributed by atoms with Crippen molar-refractivity contribution >= 4 is 33.9 Å². The SMILES string of the molecule is N#Cc1[nH]c(=O)c(-c2ccc(F)c(Cl)c2)cc1Nc1ccnc2ccncc12. The highest BCUT2D eigenvalue weighted by Crippen LogP contribution is 2.29. The summed E-state index contributed by atoms with van der Waals surface area (Å²) < 4.78 is 13.5. The maximum absolute atomic E-state index is 13.5. The number of nitrogens with zero attached hydrogens (tertiary/aromatic N) is 3. The van der Waals surface area contributed by atoms with Crippen LogP contribution in [0.5, 0.6) is 0 Å². The number of pyridine rings is 3. The molecule has 0 aliphatic heterocycles. The molecule has 0 radical (unpaired) electrons. The Morgan fingerprint density at radius 1 is 1.14 bits per heavy atom. The Bertz CT molecular complexity index is 1310. The molecule has 0 saturated carbocycles. The second-order valence-corrected chi connectivity index (χ2v) is 6.33. The largest absolute Gasteiger partial charge is 0.353 e. The summed E-state index contributed by atoms with van der Waals surface area (Å²) in [5, 5.41) is 13.2. The topological polar surface area (TPSA) is 94.5 Å². The number of H-pyrrole nitrogens is 1. The number of nitriles is 1. The van der Waals surface area contributed by atoms with E-state index in [1.807, 2.05) is 6.07 Å². The van der Waals surface area contributed by atoms with Crippen molar-refractivity contribution in [3.63, 3.8) is 0 Å². The number of hydrogen-bond donors (Lipinski definition) is 2. The van der Waals surface area contributed by atoms with E-state index in [-0.39, 0.29) is 16.3 Å². The Labute approximate surface area is 163 Å². The van der Waals surface area contributed by atoms with Crippen LogP contribution in [0.1, 0.15) is 5.69 Å². The monoisotopic (exact) mass is 391 g/mol. The second-order valence-electron chi connectivity index (χ2n) is 5.92. The standard InChI is InChI=1S/C20H11ClFN5O/c21-14-7-11(1-2-15(14)22)12-8-18(19(9-23)27-20(12)28)26-17-4-6-25-16-3-5-24-10-13(16)17/h1-8,10H,(H,25,26)(H,27,28). The fourth-order valence-corrected chi connectivity index (χ4v) is 3.02. The number of aromatic amines is 1. The molecule has 136 valence electrons. The molecule has 0 saturated heterocycles. The van der Waals surface area contributed by atoms with Gasteiger partial charge in [0.25, 0.3) is 5.56 Å². The van der Waals surface area contributed by atoms with Crippen molar-refractivity contribution < 1.29 is 4.39 Å². The molecule has 0 aliphatic carbocycles. The van der Waals surface area contributed by atoms with Gasteiger partial charge in [0.15, 0.2) is 0 Å². The molecule has 0 atom stereocenters. The summed E-state index contributed by atoms with van der Waals surface area (Å²) in [6.45, 7) is 0. The van der Waals surface area contributed by atoms with Crippen LogP contribution < -0.4 is 10.9 Å². The first kappa shape index (κ1) is 17.6. The van der Waals surface area contributed by atoms with E-state index in [0.29, 0.717) is 16.9 Å². The van der Waals surface area contributed by atoms with Crippen LogP contribution in [0.15, 0.2) is 59.8 Å². The van der Waals surface area contributed by atoms with E-state index < -0.39 is 11.4 Å². The van der Waals surface area contributed by atoms with Crippen molar-refractivity contribution in [3.05, 3.63) is 81.9 Å². The van der Waals surface area contributed by atoms with E-state index >= 15 is 0 Å². The fraction of sp³-hybridized carbons (Fsp3) is 0. The molecule has 4 rings (SSSR count). The predicted octanol–water partition coefficient (Wildman–Crippen LogP) is 4.39. The predicted molar refractivity (Wildman–Crippen MR) is 105 cm³/mol. The van der Waals surface area contributed by atoms with Gasteiger partial charge in [-0.15, -0.1) is 0 Å². The third-order valence-corrected chi connectivity index (χ3v) is 4.49. The van der Waals surface area contributed by atoms with E-state index in [2.05, 4.69) is 20.3 Å². The summed E-state index contributed by atoms with van der Waals surface area (Å²) in [6, 6.07) is 11.0. The van der Waals surface area contributed by atoms with Crippen LogP contribution in [0.25, 0.3) is 22.0 Å². The lowest BCUT2D eigenvalue weighted by Gasteiger charge is -2.12. The van der Waals surface area contributed by atoms with E-state index in [1.165, 1.54) is 24.3 Å². The van der Waals surface area contributed by atoms with Crippen LogP contribution in [-0.4, -0.2) is 15.0 Å². The Balaban J connectivity index is 1.85. The van der Waals surface area contributed by atoms with Gasteiger partial charge in [-0.1, -0.05) is 17.7 Å².